The number of rotatable bonds is 10. The molecule has 2 aromatic carbocycles. The van der Waals surface area contributed by atoms with Gasteiger partial charge in [0.2, 0.25) is 0 Å². The number of likely N-dealkylation sites (N-methyl/N-ethyl adjacent to an activating group) is 2. The van der Waals surface area contributed by atoms with E-state index in [4.69, 9.17) is 4.74 Å². The Hall–Kier alpha value is -2.86. The molecule has 0 fully saturated rings. The first-order valence-corrected chi connectivity index (χ1v) is 9.18. The Kier molecular flexibility index (Phi) is 8.32. The minimum atomic E-state index is -0.0862. The van der Waals surface area contributed by atoms with Gasteiger partial charge in [0.15, 0.2) is 13.1 Å². The van der Waals surface area contributed by atoms with Crippen LogP contribution < -0.4 is 15.4 Å². The normalized spacial score (nSPS) is 10.3. The molecule has 2 amide bonds. The summed E-state index contributed by atoms with van der Waals surface area (Å²) in [5.74, 6) is 0.735. The Labute approximate surface area is 160 Å². The van der Waals surface area contributed by atoms with E-state index in [0.717, 1.165) is 16.9 Å². The lowest BCUT2D eigenvalue weighted by molar-refractivity contribution is -0.633. The molecule has 0 aliphatic rings. The highest BCUT2D eigenvalue weighted by molar-refractivity contribution is 5.78. The van der Waals surface area contributed by atoms with Gasteiger partial charge in [-0.15, -0.1) is 0 Å². The molecule has 6 nitrogen and oxygen atoms in total. The number of hydrogen-bond donors (Lipinski definition) is 2. The Morgan fingerprint density at radius 3 is 2.33 bits per heavy atom. The van der Waals surface area contributed by atoms with Gasteiger partial charge in [-0.05, 0) is 30.2 Å². The molecular weight excluding hydrogens is 342 g/mol. The van der Waals surface area contributed by atoms with E-state index in [1.165, 1.54) is 0 Å². The molecule has 0 spiro atoms. The maximum Gasteiger partial charge on any atom is 0.277 e. The molecule has 6 heteroatoms. The molecule has 0 saturated carbocycles. The second-order valence-electron chi connectivity index (χ2n) is 6.20. The molecule has 0 aliphatic heterocycles. The van der Waals surface area contributed by atoms with E-state index in [-0.39, 0.29) is 24.9 Å². The van der Waals surface area contributed by atoms with Crippen molar-refractivity contribution in [1.29, 1.82) is 0 Å². The van der Waals surface area contributed by atoms with E-state index in [9.17, 15) is 9.59 Å². The van der Waals surface area contributed by atoms with Crippen LogP contribution in [0.5, 0.6) is 5.75 Å². The van der Waals surface area contributed by atoms with E-state index < -0.39 is 0 Å². The van der Waals surface area contributed by atoms with Crippen LogP contribution in [0.15, 0.2) is 54.6 Å². The van der Waals surface area contributed by atoms with Crippen LogP contribution in [0.4, 0.5) is 0 Å². The molecule has 144 valence electrons. The number of nitrogens with two attached hydrogens (primary N) is 1. The molecule has 27 heavy (non-hydrogen) atoms. The minimum Gasteiger partial charge on any atom is -0.489 e. The van der Waals surface area contributed by atoms with Gasteiger partial charge in [-0.1, -0.05) is 42.5 Å². The number of nitrogens with one attached hydrogen (secondary N) is 1. The van der Waals surface area contributed by atoms with Gasteiger partial charge in [-0.2, -0.15) is 0 Å². The van der Waals surface area contributed by atoms with Gasteiger partial charge in [-0.25, -0.2) is 0 Å². The van der Waals surface area contributed by atoms with Gasteiger partial charge in [-0.3, -0.25) is 9.59 Å². The Bertz CT molecular complexity index is 717. The van der Waals surface area contributed by atoms with Crippen LogP contribution in [0.25, 0.3) is 0 Å². The Morgan fingerprint density at radius 1 is 1.00 bits per heavy atom. The quantitative estimate of drug-likeness (QED) is 0.653. The lowest BCUT2D eigenvalue weighted by Crippen LogP contribution is -2.88. The van der Waals surface area contributed by atoms with Gasteiger partial charge in [0, 0.05) is 20.1 Å². The zero-order chi connectivity index (χ0) is 19.5. The fourth-order valence-electron chi connectivity index (χ4n) is 2.59. The lowest BCUT2D eigenvalue weighted by Gasteiger charge is -2.20. The number of quaternary nitrogens is 1. The number of amides is 2. The summed E-state index contributed by atoms with van der Waals surface area (Å²) in [6.07, 6.45) is 0. The van der Waals surface area contributed by atoms with Crippen LogP contribution in [0.2, 0.25) is 0 Å². The Balaban J connectivity index is 1.82. The average molecular weight is 370 g/mol. The fraction of sp³-hybridized carbons (Fsp3) is 0.333. The van der Waals surface area contributed by atoms with E-state index in [2.05, 4.69) is 5.32 Å². The predicted molar refractivity (Wildman–Crippen MR) is 104 cm³/mol. The van der Waals surface area contributed by atoms with Gasteiger partial charge in [0.1, 0.15) is 12.4 Å². The smallest absolute Gasteiger partial charge is 0.277 e. The lowest BCUT2D eigenvalue weighted by atomic mass is 10.2. The van der Waals surface area contributed by atoms with Gasteiger partial charge >= 0.3 is 0 Å². The monoisotopic (exact) mass is 370 g/mol. The highest BCUT2D eigenvalue weighted by Crippen LogP contribution is 2.15. The zero-order valence-corrected chi connectivity index (χ0v) is 16.0. The second-order valence-corrected chi connectivity index (χ2v) is 6.20. The molecular formula is C21H28N3O3+. The molecule has 0 bridgehead atoms. The highest BCUT2D eigenvalue weighted by Gasteiger charge is 2.14. The molecule has 3 N–H and O–H groups in total. The highest BCUT2D eigenvalue weighted by atomic mass is 16.5. The predicted octanol–water partition coefficient (Wildman–Crippen LogP) is 0.924. The largest absolute Gasteiger partial charge is 0.489 e. The average Bonchev–Trinajstić information content (AvgIpc) is 2.71. The fourth-order valence-corrected chi connectivity index (χ4v) is 2.59. The van der Waals surface area contributed by atoms with Gasteiger partial charge < -0.3 is 20.3 Å². The summed E-state index contributed by atoms with van der Waals surface area (Å²) in [5, 5.41) is 4.25. The van der Waals surface area contributed by atoms with Crippen molar-refractivity contribution in [3.05, 3.63) is 65.7 Å². The summed E-state index contributed by atoms with van der Waals surface area (Å²) in [5.41, 5.74) is 2.17. The number of carbonyl (C=O) groups excluding carboxylic acids is 2. The third-order valence-electron chi connectivity index (χ3n) is 4.21. The second kappa shape index (κ2) is 11.0. The molecule has 0 unspecified atom stereocenters. The number of hydrogen-bond acceptors (Lipinski definition) is 3. The minimum absolute atomic E-state index is 0.0193. The zero-order valence-electron chi connectivity index (χ0n) is 16.0. The van der Waals surface area contributed by atoms with Crippen LogP contribution in [0.1, 0.15) is 18.1 Å². The van der Waals surface area contributed by atoms with Crippen LogP contribution in [-0.2, 0) is 22.7 Å². The van der Waals surface area contributed by atoms with Gasteiger partial charge in [0.25, 0.3) is 11.8 Å². The first kappa shape index (κ1) is 20.5. The van der Waals surface area contributed by atoms with Crippen LogP contribution in [0.3, 0.4) is 0 Å². The SMILES string of the molecule is CCN(Cc1ccc(OCc2ccccc2)cc1)C(=O)C[NH2+]CC(=O)NC. The van der Waals surface area contributed by atoms with Crippen LogP contribution >= 0.6 is 0 Å². The number of nitrogens with zero attached hydrogens (tertiary/aromatic N) is 1. The first-order chi connectivity index (χ1) is 13.1. The summed E-state index contributed by atoms with van der Waals surface area (Å²) in [6.45, 7) is 4.17. The van der Waals surface area contributed by atoms with Crippen molar-refractivity contribution in [3.63, 3.8) is 0 Å². The molecule has 0 radical (unpaired) electrons. The Morgan fingerprint density at radius 2 is 1.70 bits per heavy atom. The van der Waals surface area contributed by atoms with Crippen molar-refractivity contribution >= 4 is 11.8 Å². The van der Waals surface area contributed by atoms with Crippen LogP contribution in [0, 0.1) is 0 Å². The number of ether oxygens (including phenoxy) is 1. The molecule has 2 aromatic rings. The summed E-state index contributed by atoms with van der Waals surface area (Å²) in [6, 6.07) is 17.8. The maximum absolute atomic E-state index is 12.3. The molecule has 0 aliphatic carbocycles. The van der Waals surface area contributed by atoms with E-state index in [1.807, 2.05) is 61.5 Å². The summed E-state index contributed by atoms with van der Waals surface area (Å²) in [4.78, 5) is 25.3. The molecule has 0 saturated heterocycles. The standard InChI is InChI=1S/C21H27N3O3/c1-3-24(21(26)14-23-13-20(25)22-2)15-17-9-11-19(12-10-17)27-16-18-7-5-4-6-8-18/h4-12,23H,3,13-16H2,1-2H3,(H,22,25)/p+1. The van der Waals surface area contributed by atoms with Crippen LogP contribution in [-0.4, -0.2) is 43.4 Å². The summed E-state index contributed by atoms with van der Waals surface area (Å²) < 4.78 is 5.79. The van der Waals surface area contributed by atoms with E-state index >= 15 is 0 Å². The van der Waals surface area contributed by atoms with Gasteiger partial charge in [0.05, 0.1) is 0 Å². The third kappa shape index (κ3) is 7.11. The topological polar surface area (TPSA) is 75.2 Å². The van der Waals surface area contributed by atoms with Crippen molar-refractivity contribution in [2.75, 3.05) is 26.7 Å². The number of carbonyl (C=O) groups is 2. The first-order valence-electron chi connectivity index (χ1n) is 9.18. The summed E-state index contributed by atoms with van der Waals surface area (Å²) >= 11 is 0. The van der Waals surface area contributed by atoms with E-state index in [1.54, 1.807) is 17.3 Å². The summed E-state index contributed by atoms with van der Waals surface area (Å²) in [7, 11) is 1.59. The molecule has 0 heterocycles. The van der Waals surface area contributed by atoms with Crippen molar-refractivity contribution in [1.82, 2.24) is 10.2 Å². The third-order valence-corrected chi connectivity index (χ3v) is 4.21. The van der Waals surface area contributed by atoms with Crippen molar-refractivity contribution in [2.24, 2.45) is 0 Å². The number of benzene rings is 2. The van der Waals surface area contributed by atoms with Crippen molar-refractivity contribution in [2.45, 2.75) is 20.1 Å². The van der Waals surface area contributed by atoms with Crippen molar-refractivity contribution in [3.8, 4) is 5.75 Å². The van der Waals surface area contributed by atoms with Crippen molar-refractivity contribution < 1.29 is 19.6 Å². The molecule has 0 atom stereocenters. The molecule has 2 rings (SSSR count). The maximum atomic E-state index is 12.3. The van der Waals surface area contributed by atoms with E-state index in [0.29, 0.717) is 19.7 Å². The molecule has 0 aromatic heterocycles.